The molecule has 2 aliphatic carbocycles. The molecule has 0 saturated carbocycles. The van der Waals surface area contributed by atoms with Gasteiger partial charge in [0.1, 0.15) is 17.6 Å². The van der Waals surface area contributed by atoms with Crippen LogP contribution in [0.2, 0.25) is 0 Å². The molecule has 3 atom stereocenters. The number of hydrogen-bond acceptors (Lipinski definition) is 4. The Bertz CT molecular complexity index is 1000. The standard InChI is InChI=1S/C24H24O4/c1-23-12-11-19(25)24(2,14-15-7-5-4-6-8-15)22(23)21(27)20(26)17-10-9-16(28-3)13-18(17)23/h4-13,20,26-27H,14H2,1-3H3/t20?,23-,24-/m0/s1. The zero-order chi connectivity index (χ0) is 20.1. The molecule has 2 aliphatic rings. The van der Waals surface area contributed by atoms with E-state index in [4.69, 9.17) is 4.74 Å². The summed E-state index contributed by atoms with van der Waals surface area (Å²) in [7, 11) is 1.59. The molecule has 0 aliphatic heterocycles. The lowest BCUT2D eigenvalue weighted by Gasteiger charge is -2.48. The molecule has 144 valence electrons. The smallest absolute Gasteiger partial charge is 0.165 e. The number of carbonyl (C=O) groups excluding carboxylic acids is 1. The van der Waals surface area contributed by atoms with Crippen LogP contribution in [-0.2, 0) is 16.6 Å². The van der Waals surface area contributed by atoms with Crippen LogP contribution in [0.5, 0.6) is 5.75 Å². The van der Waals surface area contributed by atoms with E-state index in [2.05, 4.69) is 0 Å². The van der Waals surface area contributed by atoms with Gasteiger partial charge < -0.3 is 14.9 Å². The van der Waals surface area contributed by atoms with E-state index in [1.807, 2.05) is 56.3 Å². The molecule has 2 aromatic carbocycles. The molecule has 0 aromatic heterocycles. The van der Waals surface area contributed by atoms with Crippen LogP contribution < -0.4 is 4.74 Å². The Labute approximate surface area is 164 Å². The zero-order valence-corrected chi connectivity index (χ0v) is 16.3. The minimum atomic E-state index is -1.17. The number of hydrogen-bond donors (Lipinski definition) is 2. The summed E-state index contributed by atoms with van der Waals surface area (Å²) in [6.45, 7) is 3.84. The largest absolute Gasteiger partial charge is 0.509 e. The molecule has 0 radical (unpaired) electrons. The predicted octanol–water partition coefficient (Wildman–Crippen LogP) is 4.20. The topological polar surface area (TPSA) is 66.8 Å². The lowest BCUT2D eigenvalue weighted by Crippen LogP contribution is -2.47. The maximum atomic E-state index is 13.1. The first-order valence-electron chi connectivity index (χ1n) is 9.39. The fourth-order valence-corrected chi connectivity index (χ4v) is 4.79. The van der Waals surface area contributed by atoms with Crippen molar-refractivity contribution in [3.8, 4) is 5.75 Å². The Hall–Kier alpha value is -2.85. The third kappa shape index (κ3) is 2.52. The Balaban J connectivity index is 1.95. The quantitative estimate of drug-likeness (QED) is 0.843. The molecule has 0 saturated heterocycles. The van der Waals surface area contributed by atoms with Gasteiger partial charge in [-0.2, -0.15) is 0 Å². The first kappa shape index (κ1) is 18.5. The molecule has 1 unspecified atom stereocenters. The number of methoxy groups -OCH3 is 1. The fraction of sp³-hybridized carbons (Fsp3) is 0.292. The third-order valence-corrected chi connectivity index (χ3v) is 6.21. The number of benzene rings is 2. The molecule has 2 aromatic rings. The average Bonchev–Trinajstić information content (AvgIpc) is 2.70. The number of fused-ring (bicyclic) bond motifs is 3. The van der Waals surface area contributed by atoms with Crippen LogP contribution in [0.3, 0.4) is 0 Å². The maximum absolute atomic E-state index is 13.1. The number of ether oxygens (including phenoxy) is 1. The van der Waals surface area contributed by atoms with Crippen LogP contribution in [0.25, 0.3) is 0 Å². The monoisotopic (exact) mass is 376 g/mol. The van der Waals surface area contributed by atoms with Crippen molar-refractivity contribution >= 4 is 5.78 Å². The maximum Gasteiger partial charge on any atom is 0.165 e. The van der Waals surface area contributed by atoms with E-state index in [-0.39, 0.29) is 11.5 Å². The van der Waals surface area contributed by atoms with Crippen molar-refractivity contribution in [3.63, 3.8) is 0 Å². The number of ketones is 1. The van der Waals surface area contributed by atoms with E-state index in [9.17, 15) is 15.0 Å². The summed E-state index contributed by atoms with van der Waals surface area (Å²) in [6, 6.07) is 15.2. The molecule has 0 spiro atoms. The molecular formula is C24H24O4. The number of rotatable bonds is 3. The van der Waals surface area contributed by atoms with Crippen LogP contribution in [0.15, 0.2) is 72.0 Å². The molecule has 2 N–H and O–H groups in total. The predicted molar refractivity (Wildman–Crippen MR) is 107 cm³/mol. The molecule has 0 bridgehead atoms. The van der Waals surface area contributed by atoms with Gasteiger partial charge in [-0.1, -0.05) is 42.5 Å². The second kappa shape index (κ2) is 6.35. The first-order chi connectivity index (χ1) is 13.3. The molecule has 0 fully saturated rings. The highest BCUT2D eigenvalue weighted by Crippen LogP contribution is 2.56. The lowest BCUT2D eigenvalue weighted by molar-refractivity contribution is -0.122. The van der Waals surface area contributed by atoms with Gasteiger partial charge in [0.15, 0.2) is 5.78 Å². The van der Waals surface area contributed by atoms with Gasteiger partial charge in [-0.15, -0.1) is 0 Å². The fourth-order valence-electron chi connectivity index (χ4n) is 4.79. The Morgan fingerprint density at radius 2 is 1.82 bits per heavy atom. The van der Waals surface area contributed by atoms with Gasteiger partial charge in [-0.3, -0.25) is 4.79 Å². The van der Waals surface area contributed by atoms with Gasteiger partial charge in [0.2, 0.25) is 0 Å². The van der Waals surface area contributed by atoms with Gasteiger partial charge in [-0.25, -0.2) is 0 Å². The van der Waals surface area contributed by atoms with E-state index < -0.39 is 16.9 Å². The summed E-state index contributed by atoms with van der Waals surface area (Å²) in [5.74, 6) is 0.466. The van der Waals surface area contributed by atoms with Gasteiger partial charge in [0.25, 0.3) is 0 Å². The van der Waals surface area contributed by atoms with Crippen molar-refractivity contribution in [2.75, 3.05) is 7.11 Å². The van der Waals surface area contributed by atoms with E-state index in [0.717, 1.165) is 11.1 Å². The summed E-state index contributed by atoms with van der Waals surface area (Å²) in [4.78, 5) is 13.1. The van der Waals surface area contributed by atoms with Crippen LogP contribution in [0.4, 0.5) is 0 Å². The van der Waals surface area contributed by atoms with Crippen LogP contribution >= 0.6 is 0 Å². The SMILES string of the molecule is COc1ccc2c(c1)[C@]1(C)C=CC(=O)[C@](C)(Cc3ccccc3)C1=C(O)C2O. The second-order valence-corrected chi connectivity index (χ2v) is 8.01. The summed E-state index contributed by atoms with van der Waals surface area (Å²) < 4.78 is 5.38. The minimum Gasteiger partial charge on any atom is -0.509 e. The summed E-state index contributed by atoms with van der Waals surface area (Å²) in [6.07, 6.45) is 2.72. The van der Waals surface area contributed by atoms with Crippen LogP contribution in [0, 0.1) is 5.41 Å². The Kier molecular flexibility index (Phi) is 4.20. The van der Waals surface area contributed by atoms with Crippen molar-refractivity contribution in [1.29, 1.82) is 0 Å². The van der Waals surface area contributed by atoms with E-state index >= 15 is 0 Å². The number of allylic oxidation sites excluding steroid dienone is 3. The van der Waals surface area contributed by atoms with E-state index in [1.165, 1.54) is 0 Å². The summed E-state index contributed by atoms with van der Waals surface area (Å²) in [5, 5.41) is 21.9. The van der Waals surface area contributed by atoms with Crippen molar-refractivity contribution in [3.05, 3.63) is 88.7 Å². The normalized spacial score (nSPS) is 28.7. The highest BCUT2D eigenvalue weighted by molar-refractivity contribution is 6.00. The molecule has 28 heavy (non-hydrogen) atoms. The Morgan fingerprint density at radius 3 is 2.50 bits per heavy atom. The third-order valence-electron chi connectivity index (χ3n) is 6.21. The Morgan fingerprint density at radius 1 is 1.11 bits per heavy atom. The lowest BCUT2D eigenvalue weighted by atomic mass is 9.55. The molecule has 4 nitrogen and oxygen atoms in total. The van der Waals surface area contributed by atoms with Gasteiger partial charge in [0.05, 0.1) is 12.5 Å². The van der Waals surface area contributed by atoms with Crippen LogP contribution in [-0.4, -0.2) is 23.1 Å². The van der Waals surface area contributed by atoms with Crippen molar-refractivity contribution in [2.45, 2.75) is 31.8 Å². The highest BCUT2D eigenvalue weighted by atomic mass is 16.5. The average molecular weight is 376 g/mol. The summed E-state index contributed by atoms with van der Waals surface area (Å²) >= 11 is 0. The molecule has 0 heterocycles. The summed E-state index contributed by atoms with van der Waals surface area (Å²) in [5.41, 5.74) is 1.36. The number of aliphatic hydroxyl groups excluding tert-OH is 2. The van der Waals surface area contributed by atoms with Crippen molar-refractivity contribution in [1.82, 2.24) is 0 Å². The molecular weight excluding hydrogens is 352 g/mol. The zero-order valence-electron chi connectivity index (χ0n) is 16.3. The molecule has 0 amide bonds. The minimum absolute atomic E-state index is 0.0751. The second-order valence-electron chi connectivity index (χ2n) is 8.01. The molecule has 4 rings (SSSR count). The number of aliphatic hydroxyl groups is 2. The van der Waals surface area contributed by atoms with Crippen molar-refractivity contribution in [2.24, 2.45) is 5.41 Å². The number of carbonyl (C=O) groups is 1. The van der Waals surface area contributed by atoms with Gasteiger partial charge in [0, 0.05) is 5.41 Å². The molecule has 4 heteroatoms. The highest BCUT2D eigenvalue weighted by Gasteiger charge is 2.53. The van der Waals surface area contributed by atoms with Crippen molar-refractivity contribution < 1.29 is 19.7 Å². The van der Waals surface area contributed by atoms with E-state index in [0.29, 0.717) is 23.3 Å². The van der Waals surface area contributed by atoms with Crippen LogP contribution in [0.1, 0.15) is 36.6 Å². The van der Waals surface area contributed by atoms with Gasteiger partial charge >= 0.3 is 0 Å². The van der Waals surface area contributed by atoms with E-state index in [1.54, 1.807) is 25.3 Å². The first-order valence-corrected chi connectivity index (χ1v) is 9.39. The van der Waals surface area contributed by atoms with Gasteiger partial charge in [-0.05, 0) is 60.7 Å².